The maximum atomic E-state index is 12.4. The van der Waals surface area contributed by atoms with Crippen LogP contribution >= 0.6 is 0 Å². The first-order chi connectivity index (χ1) is 9.59. The van der Waals surface area contributed by atoms with Crippen LogP contribution in [-0.4, -0.2) is 43.4 Å². The average molecular weight is 283 g/mol. The molecule has 1 aliphatic heterocycles. The van der Waals surface area contributed by atoms with Crippen LogP contribution in [0, 0.1) is 11.8 Å². The summed E-state index contributed by atoms with van der Waals surface area (Å²) < 4.78 is 5.62. The third kappa shape index (κ3) is 3.53. The van der Waals surface area contributed by atoms with Gasteiger partial charge in [0.25, 0.3) is 0 Å². The molecule has 3 atom stereocenters. The normalized spacial score (nSPS) is 34.5. The third-order valence-corrected chi connectivity index (χ3v) is 5.19. The highest BCUT2D eigenvalue weighted by molar-refractivity contribution is 5.59. The third-order valence-electron chi connectivity index (χ3n) is 5.19. The van der Waals surface area contributed by atoms with E-state index in [2.05, 4.69) is 6.92 Å². The molecule has 4 nitrogen and oxygen atoms in total. The predicted octanol–water partition coefficient (Wildman–Crippen LogP) is 2.91. The van der Waals surface area contributed by atoms with Gasteiger partial charge in [0.2, 0.25) is 0 Å². The molecule has 1 heterocycles. The van der Waals surface area contributed by atoms with Crippen molar-refractivity contribution in [1.29, 1.82) is 0 Å². The molecule has 1 aliphatic carbocycles. The SMILES string of the molecule is CCCCC1CC(N)C[N+](CC2CCC2)(C(=O)OC)C1. The number of nitrogens with zero attached hydrogens (tertiary/aromatic N) is 1. The van der Waals surface area contributed by atoms with Crippen LogP contribution in [0.25, 0.3) is 0 Å². The number of piperidine rings is 1. The second-order valence-electron chi connectivity index (χ2n) is 6.96. The summed E-state index contributed by atoms with van der Waals surface area (Å²) in [4.78, 5) is 12.4. The van der Waals surface area contributed by atoms with Gasteiger partial charge in [-0.05, 0) is 25.7 Å². The number of unbranched alkanes of at least 4 members (excludes halogenated alkanes) is 1. The first-order valence-corrected chi connectivity index (χ1v) is 8.30. The summed E-state index contributed by atoms with van der Waals surface area (Å²) in [5.41, 5.74) is 6.28. The molecule has 20 heavy (non-hydrogen) atoms. The van der Waals surface area contributed by atoms with Crippen molar-refractivity contribution in [3.8, 4) is 0 Å². The molecule has 0 radical (unpaired) electrons. The smallest absolute Gasteiger partial charge is 0.423 e. The van der Waals surface area contributed by atoms with Gasteiger partial charge in [-0.15, -0.1) is 0 Å². The van der Waals surface area contributed by atoms with Crippen molar-refractivity contribution in [2.75, 3.05) is 26.7 Å². The second-order valence-corrected chi connectivity index (χ2v) is 6.96. The van der Waals surface area contributed by atoms with E-state index in [-0.39, 0.29) is 12.1 Å². The van der Waals surface area contributed by atoms with Gasteiger partial charge in [-0.25, -0.2) is 4.48 Å². The Morgan fingerprint density at radius 1 is 1.30 bits per heavy atom. The molecule has 2 N–H and O–H groups in total. The molecule has 0 bridgehead atoms. The molecule has 1 amide bonds. The predicted molar refractivity (Wildman–Crippen MR) is 80.2 cm³/mol. The van der Waals surface area contributed by atoms with Gasteiger partial charge in [0, 0.05) is 11.8 Å². The van der Waals surface area contributed by atoms with E-state index in [9.17, 15) is 4.79 Å². The Kier molecular flexibility index (Phi) is 5.44. The molecular weight excluding hydrogens is 252 g/mol. The van der Waals surface area contributed by atoms with E-state index in [0.717, 1.165) is 26.1 Å². The molecule has 0 aromatic heterocycles. The molecule has 1 saturated carbocycles. The van der Waals surface area contributed by atoms with Gasteiger partial charge in [0.05, 0.1) is 26.2 Å². The topological polar surface area (TPSA) is 52.3 Å². The fourth-order valence-corrected chi connectivity index (χ4v) is 4.03. The molecule has 1 saturated heterocycles. The van der Waals surface area contributed by atoms with E-state index >= 15 is 0 Å². The van der Waals surface area contributed by atoms with Crippen LogP contribution in [0.15, 0.2) is 0 Å². The Labute approximate surface area is 123 Å². The number of methoxy groups -OCH3 is 1. The Hall–Kier alpha value is -0.610. The van der Waals surface area contributed by atoms with Gasteiger partial charge in [-0.1, -0.05) is 26.2 Å². The standard InChI is InChI=1S/C16H31N2O2/c1-3-4-6-14-9-15(17)12-18(11-14,16(19)20-2)10-13-7-5-8-13/h13-15H,3-12,17H2,1-2H3/q+1. The zero-order chi connectivity index (χ0) is 14.6. The summed E-state index contributed by atoms with van der Waals surface area (Å²) in [6.45, 7) is 4.88. The highest BCUT2D eigenvalue weighted by atomic mass is 16.5. The van der Waals surface area contributed by atoms with Crippen LogP contribution < -0.4 is 5.73 Å². The molecule has 2 rings (SSSR count). The molecule has 2 aliphatic rings. The maximum absolute atomic E-state index is 12.4. The van der Waals surface area contributed by atoms with Crippen molar-refractivity contribution in [2.24, 2.45) is 17.6 Å². The van der Waals surface area contributed by atoms with Crippen molar-refractivity contribution in [1.82, 2.24) is 0 Å². The Morgan fingerprint density at radius 2 is 2.05 bits per heavy atom. The lowest BCUT2D eigenvalue weighted by Crippen LogP contribution is -2.65. The first-order valence-electron chi connectivity index (χ1n) is 8.30. The Morgan fingerprint density at radius 3 is 2.60 bits per heavy atom. The van der Waals surface area contributed by atoms with Gasteiger partial charge in [0.1, 0.15) is 6.54 Å². The van der Waals surface area contributed by atoms with E-state index in [0.29, 0.717) is 16.3 Å². The molecule has 2 fully saturated rings. The highest BCUT2D eigenvalue weighted by Gasteiger charge is 2.47. The van der Waals surface area contributed by atoms with E-state index < -0.39 is 0 Å². The average Bonchev–Trinajstić information content (AvgIpc) is 2.39. The zero-order valence-corrected chi connectivity index (χ0v) is 13.1. The highest BCUT2D eigenvalue weighted by Crippen LogP contribution is 2.34. The molecule has 3 unspecified atom stereocenters. The lowest BCUT2D eigenvalue weighted by atomic mass is 9.82. The summed E-state index contributed by atoms with van der Waals surface area (Å²) in [6.07, 6.45) is 8.52. The van der Waals surface area contributed by atoms with Gasteiger partial charge >= 0.3 is 6.09 Å². The number of rotatable bonds is 5. The first kappa shape index (κ1) is 15.8. The minimum Gasteiger partial charge on any atom is -0.423 e. The minimum absolute atomic E-state index is 0.0615. The van der Waals surface area contributed by atoms with Crippen LogP contribution in [0.1, 0.15) is 51.9 Å². The molecular formula is C16H31N2O2+. The lowest BCUT2D eigenvalue weighted by molar-refractivity contribution is -0.871. The van der Waals surface area contributed by atoms with Crippen molar-refractivity contribution in [3.63, 3.8) is 0 Å². The lowest BCUT2D eigenvalue weighted by Gasteiger charge is -2.45. The van der Waals surface area contributed by atoms with Crippen molar-refractivity contribution < 1.29 is 14.0 Å². The van der Waals surface area contributed by atoms with Gasteiger partial charge in [-0.3, -0.25) is 0 Å². The van der Waals surface area contributed by atoms with Crippen molar-refractivity contribution >= 4 is 6.09 Å². The Bertz CT molecular complexity index is 330. The number of amides is 1. The van der Waals surface area contributed by atoms with Gasteiger partial charge in [-0.2, -0.15) is 4.79 Å². The van der Waals surface area contributed by atoms with Crippen LogP contribution in [-0.2, 0) is 4.74 Å². The molecule has 116 valence electrons. The van der Waals surface area contributed by atoms with Crippen LogP contribution in [0.4, 0.5) is 4.79 Å². The monoisotopic (exact) mass is 283 g/mol. The molecule has 4 heteroatoms. The number of carbonyl (C=O) groups excluding carboxylic acids is 1. The van der Waals surface area contributed by atoms with Crippen LogP contribution in [0.5, 0.6) is 0 Å². The van der Waals surface area contributed by atoms with E-state index in [1.807, 2.05) is 0 Å². The van der Waals surface area contributed by atoms with Crippen molar-refractivity contribution in [2.45, 2.75) is 57.9 Å². The quantitative estimate of drug-likeness (QED) is 0.789. The van der Waals surface area contributed by atoms with Gasteiger partial charge < -0.3 is 10.5 Å². The van der Waals surface area contributed by atoms with Gasteiger partial charge in [0.15, 0.2) is 0 Å². The summed E-state index contributed by atoms with van der Waals surface area (Å²) in [7, 11) is 1.52. The summed E-state index contributed by atoms with van der Waals surface area (Å²) >= 11 is 0. The number of likely N-dealkylation sites (tertiary alicyclic amines) is 1. The maximum Gasteiger partial charge on any atom is 0.515 e. The van der Waals surface area contributed by atoms with Crippen LogP contribution in [0.2, 0.25) is 0 Å². The second kappa shape index (κ2) is 6.90. The zero-order valence-electron chi connectivity index (χ0n) is 13.1. The van der Waals surface area contributed by atoms with E-state index in [1.54, 1.807) is 0 Å². The number of ether oxygens (including phenoxy) is 1. The number of carbonyl (C=O) groups is 1. The number of quaternary nitrogens is 1. The molecule has 0 aromatic rings. The number of hydrogen-bond donors (Lipinski definition) is 1. The summed E-state index contributed by atoms with van der Waals surface area (Å²) in [5.74, 6) is 1.28. The van der Waals surface area contributed by atoms with E-state index in [1.165, 1.54) is 45.6 Å². The fraction of sp³-hybridized carbons (Fsp3) is 0.938. The van der Waals surface area contributed by atoms with Crippen molar-refractivity contribution in [3.05, 3.63) is 0 Å². The van der Waals surface area contributed by atoms with Crippen LogP contribution in [0.3, 0.4) is 0 Å². The molecule has 0 aromatic carbocycles. The number of hydrogen-bond acceptors (Lipinski definition) is 3. The number of nitrogens with two attached hydrogens (primary N) is 1. The minimum atomic E-state index is -0.0615. The Balaban J connectivity index is 2.08. The largest absolute Gasteiger partial charge is 0.515 e. The molecule has 0 spiro atoms. The summed E-state index contributed by atoms with van der Waals surface area (Å²) in [6, 6.07) is 0.143. The summed E-state index contributed by atoms with van der Waals surface area (Å²) in [5, 5.41) is 0. The van der Waals surface area contributed by atoms with E-state index in [4.69, 9.17) is 10.5 Å². The fourth-order valence-electron chi connectivity index (χ4n) is 4.03.